The molecule has 0 aliphatic carbocycles. The van der Waals surface area contributed by atoms with Crippen molar-refractivity contribution in [2.24, 2.45) is 5.10 Å². The highest BCUT2D eigenvalue weighted by Gasteiger charge is 2.22. The quantitative estimate of drug-likeness (QED) is 0.862. The van der Waals surface area contributed by atoms with Gasteiger partial charge in [0.2, 0.25) is 5.91 Å². The molecule has 1 aliphatic heterocycles. The smallest absolute Gasteiger partial charge is 0.273 e. The number of carbonyl (C=O) groups is 2. The molecule has 0 atom stereocenters. The number of aromatic nitrogens is 1. The Morgan fingerprint density at radius 3 is 2.81 bits per heavy atom. The molecule has 26 heavy (non-hydrogen) atoms. The summed E-state index contributed by atoms with van der Waals surface area (Å²) in [4.78, 5) is 27.7. The molecule has 134 valence electrons. The van der Waals surface area contributed by atoms with E-state index in [2.05, 4.69) is 20.7 Å². The van der Waals surface area contributed by atoms with Crippen LogP contribution in [0.5, 0.6) is 0 Å². The van der Waals surface area contributed by atoms with Crippen molar-refractivity contribution < 1.29 is 14.0 Å². The summed E-state index contributed by atoms with van der Waals surface area (Å²) in [6.45, 7) is 0.461. The largest absolute Gasteiger partial charge is 0.380 e. The van der Waals surface area contributed by atoms with Crippen molar-refractivity contribution in [2.75, 3.05) is 17.7 Å². The lowest BCUT2D eigenvalue weighted by atomic mass is 10.1. The van der Waals surface area contributed by atoms with Gasteiger partial charge in [0, 0.05) is 26.4 Å². The molecule has 3 rings (SSSR count). The van der Waals surface area contributed by atoms with Crippen LogP contribution >= 0.6 is 0 Å². The number of hydrogen-bond acceptors (Lipinski definition) is 5. The van der Waals surface area contributed by atoms with Gasteiger partial charge in [-0.15, -0.1) is 0 Å². The van der Waals surface area contributed by atoms with E-state index in [1.54, 1.807) is 24.4 Å². The Morgan fingerprint density at radius 1 is 1.27 bits per heavy atom. The Labute approximate surface area is 149 Å². The van der Waals surface area contributed by atoms with Gasteiger partial charge in [0.1, 0.15) is 17.3 Å². The molecule has 2 amide bonds. The van der Waals surface area contributed by atoms with Crippen LogP contribution in [0.3, 0.4) is 0 Å². The molecule has 0 bridgehead atoms. The van der Waals surface area contributed by atoms with Gasteiger partial charge < -0.3 is 10.6 Å². The van der Waals surface area contributed by atoms with Crippen LogP contribution < -0.4 is 10.6 Å². The van der Waals surface area contributed by atoms with E-state index in [9.17, 15) is 14.0 Å². The Bertz CT molecular complexity index is 851. The highest BCUT2D eigenvalue weighted by molar-refractivity contribution is 6.43. The minimum atomic E-state index is -0.377. The molecule has 2 heterocycles. The molecule has 1 aliphatic rings. The Kier molecular flexibility index (Phi) is 5.21. The second-order valence-electron chi connectivity index (χ2n) is 5.83. The molecule has 0 unspecified atom stereocenters. The highest BCUT2D eigenvalue weighted by atomic mass is 19.1. The molecule has 0 saturated carbocycles. The van der Waals surface area contributed by atoms with Gasteiger partial charge in [-0.05, 0) is 29.8 Å². The van der Waals surface area contributed by atoms with E-state index in [1.807, 2.05) is 6.07 Å². The Hall–Kier alpha value is -3.29. The van der Waals surface area contributed by atoms with Crippen molar-refractivity contribution in [2.45, 2.75) is 19.4 Å². The number of carbonyl (C=O) groups excluding carboxylic acids is 2. The van der Waals surface area contributed by atoms with E-state index in [0.717, 1.165) is 11.3 Å². The summed E-state index contributed by atoms with van der Waals surface area (Å²) < 4.78 is 13.2. The maximum atomic E-state index is 13.2. The zero-order valence-electron chi connectivity index (χ0n) is 14.2. The third-order valence-corrected chi connectivity index (χ3v) is 3.86. The average molecular weight is 355 g/mol. The van der Waals surface area contributed by atoms with E-state index in [-0.39, 0.29) is 24.1 Å². The van der Waals surface area contributed by atoms with Crippen LogP contribution in [-0.4, -0.2) is 34.6 Å². The maximum Gasteiger partial charge on any atom is 0.273 e. The lowest BCUT2D eigenvalue weighted by Gasteiger charge is -2.18. The van der Waals surface area contributed by atoms with Gasteiger partial charge in [-0.1, -0.05) is 12.1 Å². The van der Waals surface area contributed by atoms with E-state index in [4.69, 9.17) is 0 Å². The van der Waals surface area contributed by atoms with E-state index in [0.29, 0.717) is 24.5 Å². The van der Waals surface area contributed by atoms with Gasteiger partial charge in [0.15, 0.2) is 0 Å². The molecule has 0 spiro atoms. The predicted molar refractivity (Wildman–Crippen MR) is 96.0 cm³/mol. The Morgan fingerprint density at radius 2 is 2.12 bits per heavy atom. The summed E-state index contributed by atoms with van der Waals surface area (Å²) in [5, 5.41) is 10.9. The number of rotatable bonds is 5. The number of benzene rings is 1. The average Bonchev–Trinajstić information content (AvgIpc) is 2.63. The zero-order valence-corrected chi connectivity index (χ0v) is 14.2. The molecule has 0 saturated heterocycles. The normalized spacial score (nSPS) is 14.0. The fraction of sp³-hybridized carbons (Fsp3) is 0.222. The van der Waals surface area contributed by atoms with Crippen LogP contribution in [0, 0.1) is 5.82 Å². The minimum absolute atomic E-state index is 0.117. The zero-order chi connectivity index (χ0) is 18.5. The SMILES string of the molecule is CN1N=C(C(=O)Nc2ccc(NCc3cccc(F)c3)cn2)CCC1=O. The molecular formula is C18H18FN5O2. The van der Waals surface area contributed by atoms with Gasteiger partial charge in [-0.2, -0.15) is 5.10 Å². The summed E-state index contributed by atoms with van der Waals surface area (Å²) in [6.07, 6.45) is 2.15. The number of pyridine rings is 1. The number of hydrazone groups is 1. The summed E-state index contributed by atoms with van der Waals surface area (Å²) in [5.41, 5.74) is 1.85. The second kappa shape index (κ2) is 7.73. The van der Waals surface area contributed by atoms with Crippen LogP contribution in [0.25, 0.3) is 0 Å². The minimum Gasteiger partial charge on any atom is -0.380 e. The van der Waals surface area contributed by atoms with E-state index < -0.39 is 0 Å². The first-order valence-corrected chi connectivity index (χ1v) is 8.11. The highest BCUT2D eigenvalue weighted by Crippen LogP contribution is 2.13. The third kappa shape index (κ3) is 4.41. The molecule has 7 nitrogen and oxygen atoms in total. The molecular weight excluding hydrogens is 337 g/mol. The summed E-state index contributed by atoms with van der Waals surface area (Å²) >= 11 is 0. The molecule has 1 aromatic carbocycles. The van der Waals surface area contributed by atoms with Crippen molar-refractivity contribution in [1.82, 2.24) is 9.99 Å². The van der Waals surface area contributed by atoms with Gasteiger partial charge >= 0.3 is 0 Å². The third-order valence-electron chi connectivity index (χ3n) is 3.86. The first-order valence-electron chi connectivity index (χ1n) is 8.11. The number of anilines is 2. The first-order chi connectivity index (χ1) is 12.5. The van der Waals surface area contributed by atoms with Gasteiger partial charge in [0.05, 0.1) is 11.9 Å². The Balaban J connectivity index is 1.57. The molecule has 8 heteroatoms. The van der Waals surface area contributed by atoms with Gasteiger partial charge in [-0.3, -0.25) is 9.59 Å². The topological polar surface area (TPSA) is 86.7 Å². The van der Waals surface area contributed by atoms with Crippen molar-refractivity contribution >= 4 is 29.0 Å². The van der Waals surface area contributed by atoms with Gasteiger partial charge in [0.25, 0.3) is 5.91 Å². The monoisotopic (exact) mass is 355 g/mol. The molecule has 2 aromatic rings. The second-order valence-corrected chi connectivity index (χ2v) is 5.83. The predicted octanol–water partition coefficient (Wildman–Crippen LogP) is 2.38. The number of nitrogens with one attached hydrogen (secondary N) is 2. The summed E-state index contributed by atoms with van der Waals surface area (Å²) in [7, 11) is 1.52. The number of hydrogen-bond donors (Lipinski definition) is 2. The van der Waals surface area contributed by atoms with Crippen LogP contribution in [0.2, 0.25) is 0 Å². The van der Waals surface area contributed by atoms with Crippen molar-refractivity contribution in [3.8, 4) is 0 Å². The fourth-order valence-electron chi connectivity index (χ4n) is 2.44. The van der Waals surface area contributed by atoms with E-state index >= 15 is 0 Å². The molecule has 1 aromatic heterocycles. The van der Waals surface area contributed by atoms with Crippen molar-refractivity contribution in [1.29, 1.82) is 0 Å². The van der Waals surface area contributed by atoms with Crippen LogP contribution in [0.4, 0.5) is 15.9 Å². The summed E-state index contributed by atoms with van der Waals surface area (Å²) in [5.74, 6) is -0.391. The summed E-state index contributed by atoms with van der Waals surface area (Å²) in [6, 6.07) is 9.76. The van der Waals surface area contributed by atoms with E-state index in [1.165, 1.54) is 24.2 Å². The molecule has 0 radical (unpaired) electrons. The number of nitrogens with zero attached hydrogens (tertiary/aromatic N) is 3. The maximum absolute atomic E-state index is 13.2. The van der Waals surface area contributed by atoms with Crippen molar-refractivity contribution in [3.63, 3.8) is 0 Å². The number of amides is 2. The standard InChI is InChI=1S/C18H18FN5O2/c1-24-17(25)8-6-15(23-24)18(26)22-16-7-5-14(11-21-16)20-10-12-3-2-4-13(19)9-12/h2-5,7,9,11,20H,6,8,10H2,1H3,(H,21,22,26). The van der Waals surface area contributed by atoms with Crippen molar-refractivity contribution in [3.05, 3.63) is 54.0 Å². The van der Waals surface area contributed by atoms with Gasteiger partial charge in [-0.25, -0.2) is 14.4 Å². The first kappa shape index (κ1) is 17.5. The number of halogens is 1. The lowest BCUT2D eigenvalue weighted by molar-refractivity contribution is -0.130. The molecule has 0 fully saturated rings. The fourth-order valence-corrected chi connectivity index (χ4v) is 2.44. The van der Waals surface area contributed by atoms with Crippen LogP contribution in [-0.2, 0) is 16.1 Å². The van der Waals surface area contributed by atoms with Crippen LogP contribution in [0.15, 0.2) is 47.7 Å². The lowest BCUT2D eigenvalue weighted by Crippen LogP contribution is -2.34. The van der Waals surface area contributed by atoms with Crippen LogP contribution in [0.1, 0.15) is 18.4 Å². The molecule has 2 N–H and O–H groups in total.